The van der Waals surface area contributed by atoms with Gasteiger partial charge in [-0.25, -0.2) is 19.7 Å². The summed E-state index contributed by atoms with van der Waals surface area (Å²) in [4.78, 5) is 68.1. The minimum atomic E-state index is -0.998. The van der Waals surface area contributed by atoms with Gasteiger partial charge in [-0.2, -0.15) is 0 Å². The molecular formula is C28H36N8O5. The molecule has 0 bridgehead atoms. The largest absolute Gasteiger partial charge is 0.453 e. The van der Waals surface area contributed by atoms with Crippen LogP contribution in [0.1, 0.15) is 62.4 Å². The van der Waals surface area contributed by atoms with E-state index in [4.69, 9.17) is 0 Å². The lowest BCUT2D eigenvalue weighted by molar-refractivity contribution is -0.123. The first kappa shape index (κ1) is 29.4. The van der Waals surface area contributed by atoms with Crippen LogP contribution in [0.5, 0.6) is 0 Å². The van der Waals surface area contributed by atoms with Crippen LogP contribution in [0.25, 0.3) is 11.2 Å². The van der Waals surface area contributed by atoms with Crippen molar-refractivity contribution in [1.82, 2.24) is 34.7 Å². The van der Waals surface area contributed by atoms with Gasteiger partial charge in [-0.3, -0.25) is 14.4 Å². The van der Waals surface area contributed by atoms with E-state index in [0.29, 0.717) is 23.8 Å². The highest BCUT2D eigenvalue weighted by Crippen LogP contribution is 2.33. The average molecular weight is 565 g/mol. The minimum Gasteiger partial charge on any atom is -0.453 e. The van der Waals surface area contributed by atoms with Crippen molar-refractivity contribution in [3.8, 4) is 0 Å². The van der Waals surface area contributed by atoms with Gasteiger partial charge in [0, 0.05) is 26.2 Å². The number of aromatic amines is 1. The Morgan fingerprint density at radius 1 is 1.22 bits per heavy atom. The Bertz CT molecular complexity index is 1470. The Labute approximate surface area is 237 Å². The summed E-state index contributed by atoms with van der Waals surface area (Å²) in [5.74, 6) is 0.124. The van der Waals surface area contributed by atoms with Crippen LogP contribution < -0.4 is 16.2 Å². The number of carbonyl (C=O) groups excluding carboxylic acids is 3. The second kappa shape index (κ2) is 13.7. The highest BCUT2D eigenvalue weighted by atomic mass is 16.5. The van der Waals surface area contributed by atoms with Crippen molar-refractivity contribution >= 4 is 34.8 Å². The number of anilines is 1. The second-order valence-corrected chi connectivity index (χ2v) is 10.2. The first-order valence-electron chi connectivity index (χ1n) is 13.7. The first-order chi connectivity index (χ1) is 19.8. The number of likely N-dealkylation sites (N-methyl/N-ethyl adjacent to an activating group) is 1. The van der Waals surface area contributed by atoms with Gasteiger partial charge in [0.05, 0.1) is 19.3 Å². The number of alkyl carbamates (subject to hydrolysis) is 1. The fourth-order valence-electron chi connectivity index (χ4n) is 4.86. The Morgan fingerprint density at radius 3 is 2.73 bits per heavy atom. The molecule has 0 spiro atoms. The Morgan fingerprint density at radius 2 is 2.00 bits per heavy atom. The maximum atomic E-state index is 13.3. The van der Waals surface area contributed by atoms with Crippen molar-refractivity contribution in [2.45, 2.75) is 63.5 Å². The van der Waals surface area contributed by atoms with Crippen LogP contribution in [-0.4, -0.2) is 74.6 Å². The van der Waals surface area contributed by atoms with Crippen LogP contribution in [0.3, 0.4) is 0 Å². The van der Waals surface area contributed by atoms with Gasteiger partial charge in [-0.05, 0) is 43.9 Å². The second-order valence-electron chi connectivity index (χ2n) is 10.2. The average Bonchev–Trinajstić information content (AvgIpc) is 3.39. The number of pyridine rings is 1. The van der Waals surface area contributed by atoms with E-state index in [2.05, 4.69) is 35.3 Å². The van der Waals surface area contributed by atoms with E-state index in [0.717, 1.165) is 24.1 Å². The SMILES string of the molecule is COC(=O)NC(CC/C=C/C(=O)N(C)C)C(=O)Nc1cccn(Cc2nc3ncnc(C4CCCCC4)c3[nH]2)c1=O. The van der Waals surface area contributed by atoms with Gasteiger partial charge in [-0.15, -0.1) is 0 Å². The predicted molar refractivity (Wildman–Crippen MR) is 152 cm³/mol. The highest BCUT2D eigenvalue weighted by molar-refractivity contribution is 5.96. The smallest absolute Gasteiger partial charge is 0.407 e. The van der Waals surface area contributed by atoms with E-state index in [1.165, 1.54) is 54.3 Å². The molecule has 3 heterocycles. The first-order valence-corrected chi connectivity index (χ1v) is 13.7. The van der Waals surface area contributed by atoms with Crippen LogP contribution in [0, 0.1) is 0 Å². The van der Waals surface area contributed by atoms with Crippen molar-refractivity contribution in [3.05, 3.63) is 58.7 Å². The number of rotatable bonds is 10. The number of hydrogen-bond acceptors (Lipinski definition) is 8. The van der Waals surface area contributed by atoms with Crippen molar-refractivity contribution in [2.24, 2.45) is 0 Å². The van der Waals surface area contributed by atoms with Crippen LogP contribution in [-0.2, 0) is 20.9 Å². The van der Waals surface area contributed by atoms with E-state index in [1.54, 1.807) is 32.4 Å². The number of hydrogen-bond donors (Lipinski definition) is 3. The minimum absolute atomic E-state index is 0.0475. The van der Waals surface area contributed by atoms with Gasteiger partial charge in [-0.1, -0.05) is 25.3 Å². The lowest BCUT2D eigenvalue weighted by Crippen LogP contribution is -2.44. The third kappa shape index (κ3) is 7.56. The number of fused-ring (bicyclic) bond motifs is 1. The van der Waals surface area contributed by atoms with Gasteiger partial charge in [0.15, 0.2) is 5.65 Å². The number of aromatic nitrogens is 5. The van der Waals surface area contributed by atoms with Crippen LogP contribution in [0.15, 0.2) is 41.6 Å². The van der Waals surface area contributed by atoms with E-state index in [9.17, 15) is 19.2 Å². The molecule has 13 heteroatoms. The molecule has 1 fully saturated rings. The van der Waals surface area contributed by atoms with Crippen LogP contribution >= 0.6 is 0 Å². The lowest BCUT2D eigenvalue weighted by atomic mass is 9.86. The molecule has 0 aromatic carbocycles. The summed E-state index contributed by atoms with van der Waals surface area (Å²) in [5.41, 5.74) is 1.93. The van der Waals surface area contributed by atoms with Gasteiger partial charge < -0.3 is 29.8 Å². The third-order valence-corrected chi connectivity index (χ3v) is 7.07. The lowest BCUT2D eigenvalue weighted by Gasteiger charge is -2.20. The summed E-state index contributed by atoms with van der Waals surface area (Å²) in [7, 11) is 4.45. The number of allylic oxidation sites excluding steroid dienone is 1. The molecule has 1 aliphatic rings. The summed E-state index contributed by atoms with van der Waals surface area (Å²) >= 11 is 0. The monoisotopic (exact) mass is 564 g/mol. The van der Waals surface area contributed by atoms with Crippen LogP contribution in [0.4, 0.5) is 10.5 Å². The maximum absolute atomic E-state index is 13.3. The standard InChI is InChI=1S/C28H36N8O5/c1-35(2)22(37)14-8-7-12-19(32-28(40)41-3)26(38)31-20-13-9-15-36(27(20)39)16-21-33-24-23(18-10-5-4-6-11-18)29-17-30-25(24)34-21/h8-9,13-15,17-19H,4-7,10-12,16H2,1-3H3,(H,31,38)(H,32,40)(H,29,30,33,34)/b14-8+. The molecule has 3 N–H and O–H groups in total. The molecule has 1 aliphatic carbocycles. The zero-order valence-electron chi connectivity index (χ0n) is 23.6. The normalized spacial score (nSPS) is 14.6. The number of H-pyrrole nitrogens is 1. The number of methoxy groups -OCH3 is 1. The number of amides is 3. The molecule has 3 aromatic heterocycles. The highest BCUT2D eigenvalue weighted by Gasteiger charge is 2.23. The van der Waals surface area contributed by atoms with Gasteiger partial charge in [0.1, 0.15) is 29.4 Å². The van der Waals surface area contributed by atoms with Gasteiger partial charge in [0.2, 0.25) is 11.8 Å². The number of imidazole rings is 1. The van der Waals surface area contributed by atoms with E-state index in [-0.39, 0.29) is 24.6 Å². The molecule has 0 aliphatic heterocycles. The number of nitrogens with zero attached hydrogens (tertiary/aromatic N) is 5. The Balaban J connectivity index is 1.48. The van der Waals surface area contributed by atoms with Crippen LogP contribution in [0.2, 0.25) is 0 Å². The summed E-state index contributed by atoms with van der Waals surface area (Å²) < 4.78 is 6.07. The summed E-state index contributed by atoms with van der Waals surface area (Å²) in [6.07, 6.45) is 11.6. The fraction of sp³-hybridized carbons (Fsp3) is 0.464. The summed E-state index contributed by atoms with van der Waals surface area (Å²) in [6.45, 7) is 0.136. The zero-order valence-corrected chi connectivity index (χ0v) is 23.6. The molecule has 3 aromatic rings. The Kier molecular flexibility index (Phi) is 9.82. The maximum Gasteiger partial charge on any atom is 0.407 e. The summed E-state index contributed by atoms with van der Waals surface area (Å²) in [5, 5.41) is 5.10. The molecule has 13 nitrogen and oxygen atoms in total. The van der Waals surface area contributed by atoms with Gasteiger partial charge in [0.25, 0.3) is 5.56 Å². The number of carbonyl (C=O) groups is 3. The predicted octanol–water partition coefficient (Wildman–Crippen LogP) is 2.70. The zero-order chi connectivity index (χ0) is 29.4. The molecule has 41 heavy (non-hydrogen) atoms. The van der Waals surface area contributed by atoms with Crippen molar-refractivity contribution < 1.29 is 19.1 Å². The van der Waals surface area contributed by atoms with Gasteiger partial charge >= 0.3 is 6.09 Å². The fourth-order valence-corrected chi connectivity index (χ4v) is 4.86. The molecule has 4 rings (SSSR count). The summed E-state index contributed by atoms with van der Waals surface area (Å²) in [6, 6.07) is 2.14. The number of nitrogens with one attached hydrogen (secondary N) is 3. The quantitative estimate of drug-likeness (QED) is 0.316. The van der Waals surface area contributed by atoms with Crippen molar-refractivity contribution in [1.29, 1.82) is 0 Å². The van der Waals surface area contributed by atoms with E-state index in [1.807, 2.05) is 0 Å². The van der Waals surface area contributed by atoms with Crippen molar-refractivity contribution in [2.75, 3.05) is 26.5 Å². The molecular weight excluding hydrogens is 528 g/mol. The van der Waals surface area contributed by atoms with E-state index >= 15 is 0 Å². The third-order valence-electron chi connectivity index (χ3n) is 7.07. The molecule has 1 atom stereocenters. The topological polar surface area (TPSA) is 164 Å². The Hall–Kier alpha value is -4.55. The molecule has 1 unspecified atom stereocenters. The molecule has 3 amide bonds. The molecule has 0 saturated heterocycles. The molecule has 218 valence electrons. The molecule has 1 saturated carbocycles. The number of ether oxygens (including phenoxy) is 1. The van der Waals surface area contributed by atoms with Crippen molar-refractivity contribution in [3.63, 3.8) is 0 Å². The van der Waals surface area contributed by atoms with E-state index < -0.39 is 23.6 Å². The molecule has 0 radical (unpaired) electrons.